The van der Waals surface area contributed by atoms with Crippen LogP contribution in [0.3, 0.4) is 0 Å². The van der Waals surface area contributed by atoms with Gasteiger partial charge in [-0.25, -0.2) is 4.79 Å². The highest BCUT2D eigenvalue weighted by Crippen LogP contribution is 2.19. The number of nitrogens with one attached hydrogen (secondary N) is 2. The number of amides is 1. The van der Waals surface area contributed by atoms with Crippen LogP contribution in [0.2, 0.25) is 0 Å². The number of benzene rings is 2. The van der Waals surface area contributed by atoms with Crippen molar-refractivity contribution in [1.82, 2.24) is 10.3 Å². The average molecular weight is 308 g/mol. The van der Waals surface area contributed by atoms with Gasteiger partial charge >= 0.3 is 6.09 Å². The Labute approximate surface area is 135 Å². The van der Waals surface area contributed by atoms with Crippen molar-refractivity contribution in [1.29, 1.82) is 0 Å². The predicted molar refractivity (Wildman–Crippen MR) is 91.2 cm³/mol. The molecule has 0 aliphatic rings. The molecule has 4 heteroatoms. The van der Waals surface area contributed by atoms with Gasteiger partial charge in [-0.05, 0) is 30.5 Å². The largest absolute Gasteiger partial charge is 0.445 e. The number of rotatable bonds is 5. The lowest BCUT2D eigenvalue weighted by molar-refractivity contribution is 0.136. The van der Waals surface area contributed by atoms with Gasteiger partial charge in [0.25, 0.3) is 0 Å². The SMILES string of the molecule is C[C@H](Cc1c[nH]c2ccccc12)NC(=O)OCc1ccccc1. The van der Waals surface area contributed by atoms with Crippen LogP contribution in [0.1, 0.15) is 18.1 Å². The third kappa shape index (κ3) is 3.92. The number of hydrogen-bond donors (Lipinski definition) is 2. The second-order valence-corrected chi connectivity index (χ2v) is 5.67. The fourth-order valence-electron chi connectivity index (χ4n) is 2.65. The number of aromatic amines is 1. The second-order valence-electron chi connectivity index (χ2n) is 5.67. The summed E-state index contributed by atoms with van der Waals surface area (Å²) in [5.74, 6) is 0. The van der Waals surface area contributed by atoms with Gasteiger partial charge in [0.15, 0.2) is 0 Å². The molecule has 0 fully saturated rings. The van der Waals surface area contributed by atoms with Gasteiger partial charge in [0.05, 0.1) is 0 Å². The Balaban J connectivity index is 1.52. The van der Waals surface area contributed by atoms with E-state index in [1.54, 1.807) is 0 Å². The van der Waals surface area contributed by atoms with Crippen LogP contribution in [0.15, 0.2) is 60.8 Å². The van der Waals surface area contributed by atoms with Gasteiger partial charge < -0.3 is 15.0 Å². The Morgan fingerprint density at radius 2 is 1.87 bits per heavy atom. The van der Waals surface area contributed by atoms with E-state index in [0.717, 1.165) is 17.5 Å². The van der Waals surface area contributed by atoms with E-state index in [2.05, 4.69) is 16.4 Å². The van der Waals surface area contributed by atoms with Gasteiger partial charge in [0.1, 0.15) is 6.61 Å². The first-order valence-corrected chi connectivity index (χ1v) is 7.74. The van der Waals surface area contributed by atoms with Crippen LogP contribution in [0.25, 0.3) is 10.9 Å². The van der Waals surface area contributed by atoms with Crippen LogP contribution >= 0.6 is 0 Å². The minimum absolute atomic E-state index is 0.00233. The Kier molecular flexibility index (Phi) is 4.62. The molecule has 2 aromatic carbocycles. The summed E-state index contributed by atoms with van der Waals surface area (Å²) in [6.07, 6.45) is 2.36. The number of para-hydroxylation sites is 1. The van der Waals surface area contributed by atoms with E-state index < -0.39 is 0 Å². The first-order chi connectivity index (χ1) is 11.2. The molecule has 3 rings (SSSR count). The maximum Gasteiger partial charge on any atom is 0.407 e. The molecule has 0 aliphatic heterocycles. The molecule has 2 N–H and O–H groups in total. The average Bonchev–Trinajstić information content (AvgIpc) is 2.97. The summed E-state index contributed by atoms with van der Waals surface area (Å²) in [5, 5.41) is 4.07. The Hall–Kier alpha value is -2.75. The van der Waals surface area contributed by atoms with Crippen molar-refractivity contribution in [2.45, 2.75) is 26.0 Å². The van der Waals surface area contributed by atoms with Gasteiger partial charge in [-0.15, -0.1) is 0 Å². The predicted octanol–water partition coefficient (Wildman–Crippen LogP) is 4.03. The van der Waals surface area contributed by atoms with Crippen LogP contribution in [0.5, 0.6) is 0 Å². The maximum atomic E-state index is 11.9. The van der Waals surface area contributed by atoms with Crippen molar-refractivity contribution in [3.63, 3.8) is 0 Å². The van der Waals surface area contributed by atoms with Crippen molar-refractivity contribution in [3.05, 3.63) is 71.9 Å². The summed E-state index contributed by atoms with van der Waals surface area (Å²) in [7, 11) is 0. The Morgan fingerprint density at radius 1 is 1.13 bits per heavy atom. The summed E-state index contributed by atoms with van der Waals surface area (Å²) < 4.78 is 5.25. The number of fused-ring (bicyclic) bond motifs is 1. The molecule has 118 valence electrons. The summed E-state index contributed by atoms with van der Waals surface area (Å²) in [4.78, 5) is 15.1. The zero-order valence-corrected chi connectivity index (χ0v) is 13.1. The quantitative estimate of drug-likeness (QED) is 0.748. The molecule has 0 aliphatic carbocycles. The van der Waals surface area contributed by atoms with Crippen molar-refractivity contribution >= 4 is 17.0 Å². The van der Waals surface area contributed by atoms with E-state index in [-0.39, 0.29) is 18.7 Å². The van der Waals surface area contributed by atoms with E-state index in [1.165, 1.54) is 10.9 Å². The van der Waals surface area contributed by atoms with E-state index in [9.17, 15) is 4.79 Å². The van der Waals surface area contributed by atoms with Crippen molar-refractivity contribution in [3.8, 4) is 0 Å². The summed E-state index contributed by atoms with van der Waals surface area (Å²) in [5.41, 5.74) is 3.28. The lowest BCUT2D eigenvalue weighted by Gasteiger charge is -2.13. The minimum Gasteiger partial charge on any atom is -0.445 e. The molecule has 1 aromatic heterocycles. The van der Waals surface area contributed by atoms with E-state index in [4.69, 9.17) is 4.74 Å². The van der Waals surface area contributed by atoms with Crippen LogP contribution in [-0.2, 0) is 17.8 Å². The fraction of sp³-hybridized carbons (Fsp3) is 0.211. The highest BCUT2D eigenvalue weighted by Gasteiger charge is 2.11. The van der Waals surface area contributed by atoms with Gasteiger partial charge in [-0.1, -0.05) is 48.5 Å². The van der Waals surface area contributed by atoms with E-state index in [0.29, 0.717) is 0 Å². The Bertz CT molecular complexity index is 780. The topological polar surface area (TPSA) is 54.1 Å². The maximum absolute atomic E-state index is 11.9. The standard InChI is InChI=1S/C19H20N2O2/c1-14(11-16-12-20-18-10-6-5-9-17(16)18)21-19(22)23-13-15-7-3-2-4-8-15/h2-10,12,14,20H,11,13H2,1H3,(H,21,22)/t14-/m1/s1. The van der Waals surface area contributed by atoms with Crippen molar-refractivity contribution < 1.29 is 9.53 Å². The van der Waals surface area contributed by atoms with Crippen molar-refractivity contribution in [2.75, 3.05) is 0 Å². The molecule has 0 saturated heterocycles. The summed E-state index contributed by atoms with van der Waals surface area (Å²) in [6, 6.07) is 17.8. The molecule has 0 radical (unpaired) electrons. The first-order valence-electron chi connectivity index (χ1n) is 7.74. The molecular weight excluding hydrogens is 288 g/mol. The molecule has 0 saturated carbocycles. The van der Waals surface area contributed by atoms with Gasteiger partial charge in [0.2, 0.25) is 0 Å². The first kappa shape index (κ1) is 15.2. The van der Waals surface area contributed by atoms with Crippen LogP contribution in [0.4, 0.5) is 4.79 Å². The second kappa shape index (κ2) is 7.01. The molecule has 0 unspecified atom stereocenters. The Morgan fingerprint density at radius 3 is 2.70 bits per heavy atom. The molecule has 1 heterocycles. The highest BCUT2D eigenvalue weighted by atomic mass is 16.5. The minimum atomic E-state index is -0.388. The smallest absolute Gasteiger partial charge is 0.407 e. The third-order valence-corrected chi connectivity index (χ3v) is 3.78. The summed E-state index contributed by atoms with van der Waals surface area (Å²) >= 11 is 0. The highest BCUT2D eigenvalue weighted by molar-refractivity contribution is 5.83. The lowest BCUT2D eigenvalue weighted by atomic mass is 10.1. The van der Waals surface area contributed by atoms with E-state index in [1.807, 2.05) is 61.7 Å². The molecule has 0 spiro atoms. The zero-order valence-electron chi connectivity index (χ0n) is 13.1. The number of alkyl carbamates (subject to hydrolysis) is 1. The number of hydrogen-bond acceptors (Lipinski definition) is 2. The molecule has 1 atom stereocenters. The fourth-order valence-corrected chi connectivity index (χ4v) is 2.65. The number of carbonyl (C=O) groups is 1. The van der Waals surface area contributed by atoms with Gasteiger partial charge in [0, 0.05) is 23.1 Å². The van der Waals surface area contributed by atoms with Crippen LogP contribution in [-0.4, -0.2) is 17.1 Å². The number of aromatic nitrogens is 1. The van der Waals surface area contributed by atoms with Crippen molar-refractivity contribution in [2.24, 2.45) is 0 Å². The molecule has 23 heavy (non-hydrogen) atoms. The molecule has 1 amide bonds. The summed E-state index contributed by atoms with van der Waals surface area (Å²) in [6.45, 7) is 2.26. The monoisotopic (exact) mass is 308 g/mol. The number of carbonyl (C=O) groups excluding carboxylic acids is 1. The molecule has 0 bridgehead atoms. The number of H-pyrrole nitrogens is 1. The number of ether oxygens (including phenoxy) is 1. The molecular formula is C19H20N2O2. The van der Waals surface area contributed by atoms with Crippen LogP contribution in [0, 0.1) is 0 Å². The molecule has 4 nitrogen and oxygen atoms in total. The normalized spacial score (nSPS) is 12.0. The zero-order chi connectivity index (χ0) is 16.1. The third-order valence-electron chi connectivity index (χ3n) is 3.78. The molecule has 3 aromatic rings. The van der Waals surface area contributed by atoms with Gasteiger partial charge in [-0.3, -0.25) is 0 Å². The lowest BCUT2D eigenvalue weighted by Crippen LogP contribution is -2.34. The van der Waals surface area contributed by atoms with Gasteiger partial charge in [-0.2, -0.15) is 0 Å². The van der Waals surface area contributed by atoms with E-state index >= 15 is 0 Å². The van der Waals surface area contributed by atoms with Crippen LogP contribution < -0.4 is 5.32 Å².